The zero-order valence-corrected chi connectivity index (χ0v) is 13.0. The van der Waals surface area contributed by atoms with E-state index in [-0.39, 0.29) is 30.4 Å². The van der Waals surface area contributed by atoms with Gasteiger partial charge in [0, 0.05) is 19.7 Å². The Hall–Kier alpha value is -1.96. The maximum absolute atomic E-state index is 13.0. The molecule has 0 fully saturated rings. The van der Waals surface area contributed by atoms with Crippen LogP contribution < -0.4 is 15.4 Å². The van der Waals surface area contributed by atoms with E-state index in [1.807, 2.05) is 6.92 Å². The first kappa shape index (κ1) is 19.1. The third-order valence-electron chi connectivity index (χ3n) is 3.29. The van der Waals surface area contributed by atoms with E-state index in [0.29, 0.717) is 13.0 Å². The summed E-state index contributed by atoms with van der Waals surface area (Å²) in [5, 5.41) is 13.7. The number of urea groups is 1. The van der Waals surface area contributed by atoms with E-state index >= 15 is 0 Å². The van der Waals surface area contributed by atoms with Crippen molar-refractivity contribution in [3.8, 4) is 5.75 Å². The zero-order valence-electron chi connectivity index (χ0n) is 13.0. The molecule has 0 aliphatic carbocycles. The number of hydrogen-bond acceptors (Lipinski definition) is 3. The predicted molar refractivity (Wildman–Crippen MR) is 79.1 cm³/mol. The number of methoxy groups -OCH3 is 1. The molecule has 0 radical (unpaired) electrons. The molecule has 0 aromatic heterocycles. The van der Waals surface area contributed by atoms with Gasteiger partial charge in [-0.25, -0.2) is 4.79 Å². The molecule has 1 rings (SSSR count). The van der Waals surface area contributed by atoms with E-state index in [1.165, 1.54) is 19.2 Å². The van der Waals surface area contributed by atoms with Crippen molar-refractivity contribution in [1.82, 2.24) is 10.6 Å². The molecule has 0 aliphatic rings. The largest absolute Gasteiger partial charge is 0.497 e. The summed E-state index contributed by atoms with van der Waals surface area (Å²) in [6.45, 7) is 1.95. The van der Waals surface area contributed by atoms with Gasteiger partial charge in [-0.05, 0) is 30.0 Å². The highest BCUT2D eigenvalue weighted by atomic mass is 19.4. The van der Waals surface area contributed by atoms with Crippen molar-refractivity contribution in [2.75, 3.05) is 20.3 Å². The molecule has 8 heteroatoms. The minimum absolute atomic E-state index is 0.0191. The number of rotatable bonds is 7. The van der Waals surface area contributed by atoms with Gasteiger partial charge < -0.3 is 20.5 Å². The summed E-state index contributed by atoms with van der Waals surface area (Å²) < 4.78 is 43.9. The van der Waals surface area contributed by atoms with E-state index in [1.54, 1.807) is 0 Å². The molecule has 0 saturated heterocycles. The summed E-state index contributed by atoms with van der Waals surface area (Å²) in [4.78, 5) is 11.6. The van der Waals surface area contributed by atoms with Gasteiger partial charge in [-0.15, -0.1) is 0 Å². The summed E-state index contributed by atoms with van der Waals surface area (Å²) in [7, 11) is 1.29. The lowest BCUT2D eigenvalue weighted by atomic mass is 10.1. The molecule has 130 valence electrons. The monoisotopic (exact) mass is 334 g/mol. The third-order valence-corrected chi connectivity index (χ3v) is 3.29. The molecule has 1 aromatic rings. The number of hydrogen-bond donors (Lipinski definition) is 3. The van der Waals surface area contributed by atoms with Gasteiger partial charge in [-0.3, -0.25) is 0 Å². The molecule has 2 amide bonds. The number of halogens is 3. The van der Waals surface area contributed by atoms with Gasteiger partial charge in [0.2, 0.25) is 0 Å². The number of aliphatic hydroxyl groups excluding tert-OH is 1. The molecule has 1 atom stereocenters. The van der Waals surface area contributed by atoms with Crippen LogP contribution in [0.15, 0.2) is 18.2 Å². The fraction of sp³-hybridized carbons (Fsp3) is 0.533. The maximum Gasteiger partial charge on any atom is 0.416 e. The van der Waals surface area contributed by atoms with Crippen LogP contribution in [0.5, 0.6) is 5.75 Å². The van der Waals surface area contributed by atoms with Crippen LogP contribution in [0, 0.1) is 5.92 Å². The average Bonchev–Trinajstić information content (AvgIpc) is 2.50. The molecule has 3 N–H and O–H groups in total. The van der Waals surface area contributed by atoms with Crippen molar-refractivity contribution in [3.05, 3.63) is 29.3 Å². The van der Waals surface area contributed by atoms with Crippen molar-refractivity contribution >= 4 is 6.03 Å². The first-order valence-corrected chi connectivity index (χ1v) is 7.14. The van der Waals surface area contributed by atoms with Gasteiger partial charge in [-0.2, -0.15) is 13.2 Å². The second kappa shape index (κ2) is 8.61. The van der Waals surface area contributed by atoms with Crippen LogP contribution in [0.3, 0.4) is 0 Å². The van der Waals surface area contributed by atoms with E-state index < -0.39 is 17.8 Å². The van der Waals surface area contributed by atoms with Crippen LogP contribution in [0.1, 0.15) is 24.5 Å². The van der Waals surface area contributed by atoms with Crippen LogP contribution in [0.2, 0.25) is 0 Å². The quantitative estimate of drug-likeness (QED) is 0.718. The Morgan fingerprint density at radius 2 is 2.04 bits per heavy atom. The molecular formula is C15H21F3N2O3. The summed E-state index contributed by atoms with van der Waals surface area (Å²) in [6.07, 6.45) is -3.99. The van der Waals surface area contributed by atoms with E-state index in [4.69, 9.17) is 9.84 Å². The van der Waals surface area contributed by atoms with Crippen molar-refractivity contribution in [2.45, 2.75) is 26.1 Å². The van der Waals surface area contributed by atoms with Gasteiger partial charge in [0.05, 0.1) is 12.7 Å². The number of amides is 2. The smallest absolute Gasteiger partial charge is 0.416 e. The van der Waals surface area contributed by atoms with Crippen LogP contribution in [-0.4, -0.2) is 31.4 Å². The fourth-order valence-electron chi connectivity index (χ4n) is 1.93. The predicted octanol–water partition coefficient (Wildman–Crippen LogP) is 2.53. The average molecular weight is 334 g/mol. The Bertz CT molecular complexity index is 521. The maximum atomic E-state index is 13.0. The highest BCUT2D eigenvalue weighted by molar-refractivity contribution is 5.73. The second-order valence-electron chi connectivity index (χ2n) is 5.20. The molecule has 0 saturated carbocycles. The molecule has 0 bridgehead atoms. The summed E-state index contributed by atoms with van der Waals surface area (Å²) in [5.41, 5.74) is -0.886. The Morgan fingerprint density at radius 1 is 1.35 bits per heavy atom. The standard InChI is InChI=1S/C15H21F3N2O3/c1-10(5-6-21)8-19-14(22)20-9-11-3-4-12(23-2)7-13(11)15(16,17)18/h3-4,7,10,21H,5-6,8-9H2,1-2H3,(H2,19,20,22). The summed E-state index contributed by atoms with van der Waals surface area (Å²) in [6, 6.07) is 3.03. The van der Waals surface area contributed by atoms with Crippen molar-refractivity contribution in [3.63, 3.8) is 0 Å². The highest BCUT2D eigenvalue weighted by Crippen LogP contribution is 2.34. The molecule has 1 unspecified atom stereocenters. The summed E-state index contributed by atoms with van der Waals surface area (Å²) >= 11 is 0. The highest BCUT2D eigenvalue weighted by Gasteiger charge is 2.33. The van der Waals surface area contributed by atoms with Crippen LogP contribution in [0.25, 0.3) is 0 Å². The number of aliphatic hydroxyl groups is 1. The van der Waals surface area contributed by atoms with Gasteiger partial charge in [-0.1, -0.05) is 13.0 Å². The molecule has 0 spiro atoms. The van der Waals surface area contributed by atoms with Crippen LogP contribution in [-0.2, 0) is 12.7 Å². The molecular weight excluding hydrogens is 313 g/mol. The number of benzene rings is 1. The number of carbonyl (C=O) groups excluding carboxylic acids is 1. The summed E-state index contributed by atoms with van der Waals surface area (Å²) in [5.74, 6) is 0.181. The number of carbonyl (C=O) groups is 1. The Labute approximate surface area is 132 Å². The normalized spacial score (nSPS) is 12.6. The zero-order chi connectivity index (χ0) is 17.5. The fourth-order valence-corrected chi connectivity index (χ4v) is 1.93. The molecule has 0 heterocycles. The molecule has 23 heavy (non-hydrogen) atoms. The van der Waals surface area contributed by atoms with Gasteiger partial charge in [0.1, 0.15) is 5.75 Å². The van der Waals surface area contributed by atoms with Crippen molar-refractivity contribution < 1.29 is 27.8 Å². The molecule has 1 aromatic carbocycles. The first-order valence-electron chi connectivity index (χ1n) is 7.14. The van der Waals surface area contributed by atoms with Crippen LogP contribution >= 0.6 is 0 Å². The van der Waals surface area contributed by atoms with E-state index in [0.717, 1.165) is 6.07 Å². The lowest BCUT2D eigenvalue weighted by Crippen LogP contribution is -2.37. The first-order chi connectivity index (χ1) is 10.8. The lowest BCUT2D eigenvalue weighted by Gasteiger charge is -2.16. The van der Waals surface area contributed by atoms with E-state index in [9.17, 15) is 18.0 Å². The minimum Gasteiger partial charge on any atom is -0.497 e. The molecule has 5 nitrogen and oxygen atoms in total. The number of alkyl halides is 3. The van der Waals surface area contributed by atoms with Gasteiger partial charge in [0.25, 0.3) is 0 Å². The third kappa shape index (κ3) is 6.35. The second-order valence-corrected chi connectivity index (χ2v) is 5.20. The lowest BCUT2D eigenvalue weighted by molar-refractivity contribution is -0.138. The number of nitrogens with one attached hydrogen (secondary N) is 2. The van der Waals surface area contributed by atoms with Crippen LogP contribution in [0.4, 0.5) is 18.0 Å². The van der Waals surface area contributed by atoms with Crippen molar-refractivity contribution in [2.24, 2.45) is 5.92 Å². The Balaban J connectivity index is 2.65. The topological polar surface area (TPSA) is 70.6 Å². The van der Waals surface area contributed by atoms with Gasteiger partial charge >= 0.3 is 12.2 Å². The minimum atomic E-state index is -4.53. The van der Waals surface area contributed by atoms with Crippen molar-refractivity contribution in [1.29, 1.82) is 0 Å². The Kier molecular flexibility index (Phi) is 7.15. The SMILES string of the molecule is COc1ccc(CNC(=O)NCC(C)CCO)c(C(F)(F)F)c1. The van der Waals surface area contributed by atoms with Gasteiger partial charge in [0.15, 0.2) is 0 Å². The van der Waals surface area contributed by atoms with E-state index in [2.05, 4.69) is 10.6 Å². The number of ether oxygens (including phenoxy) is 1. The Morgan fingerprint density at radius 3 is 2.61 bits per heavy atom. The molecule has 0 aliphatic heterocycles.